The molecule has 68 valence electrons. The summed E-state index contributed by atoms with van der Waals surface area (Å²) < 4.78 is 0. The first-order valence-electron chi connectivity index (χ1n) is 5.08. The summed E-state index contributed by atoms with van der Waals surface area (Å²) in [5, 5.41) is 0. The molecular weight excluding hydrogens is 146 g/mol. The lowest BCUT2D eigenvalue weighted by molar-refractivity contribution is 0.624. The first kappa shape index (κ1) is 9.50. The largest absolute Gasteiger partial charge is 0.297 e. The van der Waals surface area contributed by atoms with Crippen LogP contribution in [0.1, 0.15) is 39.0 Å². The van der Waals surface area contributed by atoms with E-state index in [4.69, 9.17) is 0 Å². The lowest BCUT2D eigenvalue weighted by atomic mass is 9.96. The molecular formula is C11H19N. The van der Waals surface area contributed by atoms with Gasteiger partial charge in [0.2, 0.25) is 0 Å². The average Bonchev–Trinajstić information content (AvgIpc) is 2.14. The number of unbranched alkanes of at least 4 members (excludes halogenated alkanes) is 1. The summed E-state index contributed by atoms with van der Waals surface area (Å²) in [6.07, 6.45) is 12.9. The second-order valence-electron chi connectivity index (χ2n) is 3.45. The van der Waals surface area contributed by atoms with Gasteiger partial charge >= 0.3 is 0 Å². The van der Waals surface area contributed by atoms with E-state index in [0.717, 1.165) is 12.5 Å². The van der Waals surface area contributed by atoms with E-state index in [1.165, 1.54) is 32.1 Å². The maximum absolute atomic E-state index is 4.43. The van der Waals surface area contributed by atoms with Crippen molar-refractivity contribution in [1.29, 1.82) is 0 Å². The standard InChI is InChI=1S/C11H19N/c1-2-3-9-12-10-11-7-5-4-6-8-11/h4-5,10-11H,2-3,6-9H2,1H3/t11-/m0/s1. The third kappa shape index (κ3) is 3.70. The van der Waals surface area contributed by atoms with Crippen molar-refractivity contribution in [2.45, 2.75) is 39.0 Å². The quantitative estimate of drug-likeness (QED) is 0.344. The minimum absolute atomic E-state index is 0.729. The van der Waals surface area contributed by atoms with E-state index in [1.807, 2.05) is 0 Å². The van der Waals surface area contributed by atoms with Crippen LogP contribution in [0.2, 0.25) is 0 Å². The molecule has 1 nitrogen and oxygen atoms in total. The Morgan fingerprint density at radius 1 is 1.50 bits per heavy atom. The van der Waals surface area contributed by atoms with Crippen LogP contribution < -0.4 is 0 Å². The van der Waals surface area contributed by atoms with Gasteiger partial charge in [0, 0.05) is 12.8 Å². The molecule has 0 saturated heterocycles. The second-order valence-corrected chi connectivity index (χ2v) is 3.45. The van der Waals surface area contributed by atoms with Gasteiger partial charge in [-0.2, -0.15) is 0 Å². The van der Waals surface area contributed by atoms with Gasteiger partial charge in [0.25, 0.3) is 0 Å². The highest BCUT2D eigenvalue weighted by Crippen LogP contribution is 2.15. The molecule has 0 saturated carbocycles. The maximum Gasteiger partial charge on any atom is 0.0385 e. The van der Waals surface area contributed by atoms with E-state index < -0.39 is 0 Å². The van der Waals surface area contributed by atoms with E-state index in [2.05, 4.69) is 30.3 Å². The lowest BCUT2D eigenvalue weighted by Gasteiger charge is -2.11. The van der Waals surface area contributed by atoms with Gasteiger partial charge in [-0.3, -0.25) is 4.99 Å². The number of aliphatic imine (C=N–C) groups is 1. The molecule has 0 amide bonds. The SMILES string of the molecule is CCCCN=C[C@H]1CC=CCC1. The Labute approximate surface area is 75.6 Å². The van der Waals surface area contributed by atoms with E-state index in [-0.39, 0.29) is 0 Å². The number of allylic oxidation sites excluding steroid dienone is 2. The van der Waals surface area contributed by atoms with Gasteiger partial charge in [-0.25, -0.2) is 0 Å². The normalized spacial score (nSPS) is 23.6. The molecule has 0 N–H and O–H groups in total. The molecule has 0 fully saturated rings. The highest BCUT2D eigenvalue weighted by atomic mass is 14.7. The fourth-order valence-corrected chi connectivity index (χ4v) is 1.43. The number of hydrogen-bond donors (Lipinski definition) is 0. The van der Waals surface area contributed by atoms with Gasteiger partial charge in [-0.15, -0.1) is 0 Å². The van der Waals surface area contributed by atoms with Crippen molar-refractivity contribution in [2.24, 2.45) is 10.9 Å². The van der Waals surface area contributed by atoms with Gasteiger partial charge in [-0.1, -0.05) is 25.5 Å². The molecule has 1 rings (SSSR count). The molecule has 1 aliphatic rings. The minimum Gasteiger partial charge on any atom is -0.297 e. The molecule has 0 radical (unpaired) electrons. The van der Waals surface area contributed by atoms with Crippen LogP contribution >= 0.6 is 0 Å². The predicted octanol–water partition coefficient (Wildman–Crippen LogP) is 3.21. The van der Waals surface area contributed by atoms with Crippen LogP contribution in [-0.2, 0) is 0 Å². The van der Waals surface area contributed by atoms with Crippen LogP contribution in [-0.4, -0.2) is 12.8 Å². The van der Waals surface area contributed by atoms with Gasteiger partial charge in [-0.05, 0) is 31.6 Å². The summed E-state index contributed by atoms with van der Waals surface area (Å²) >= 11 is 0. The highest BCUT2D eigenvalue weighted by molar-refractivity contribution is 5.61. The van der Waals surface area contributed by atoms with Gasteiger partial charge in [0.05, 0.1) is 0 Å². The zero-order chi connectivity index (χ0) is 8.65. The zero-order valence-electron chi connectivity index (χ0n) is 8.00. The first-order chi connectivity index (χ1) is 5.93. The van der Waals surface area contributed by atoms with Crippen molar-refractivity contribution in [1.82, 2.24) is 0 Å². The molecule has 0 aromatic carbocycles. The van der Waals surface area contributed by atoms with Crippen LogP contribution in [0.25, 0.3) is 0 Å². The van der Waals surface area contributed by atoms with Crippen molar-refractivity contribution >= 4 is 6.21 Å². The zero-order valence-corrected chi connectivity index (χ0v) is 8.00. The molecule has 0 aromatic rings. The Balaban J connectivity index is 2.12. The highest BCUT2D eigenvalue weighted by Gasteiger charge is 2.05. The molecule has 0 aliphatic heterocycles. The molecule has 0 aromatic heterocycles. The molecule has 12 heavy (non-hydrogen) atoms. The third-order valence-corrected chi connectivity index (χ3v) is 2.27. The number of nitrogens with zero attached hydrogens (tertiary/aromatic N) is 1. The van der Waals surface area contributed by atoms with Crippen LogP contribution in [0.5, 0.6) is 0 Å². The smallest absolute Gasteiger partial charge is 0.0385 e. The van der Waals surface area contributed by atoms with Crippen molar-refractivity contribution < 1.29 is 0 Å². The molecule has 0 bridgehead atoms. The fraction of sp³-hybridized carbons (Fsp3) is 0.727. The Kier molecular flexibility index (Phi) is 4.74. The van der Waals surface area contributed by atoms with E-state index in [1.54, 1.807) is 0 Å². The topological polar surface area (TPSA) is 12.4 Å². The molecule has 0 spiro atoms. The summed E-state index contributed by atoms with van der Waals surface area (Å²) in [7, 11) is 0. The Morgan fingerprint density at radius 3 is 3.08 bits per heavy atom. The second kappa shape index (κ2) is 5.99. The minimum atomic E-state index is 0.729. The van der Waals surface area contributed by atoms with Gasteiger partial charge in [0.15, 0.2) is 0 Å². The fourth-order valence-electron chi connectivity index (χ4n) is 1.43. The maximum atomic E-state index is 4.43. The lowest BCUT2D eigenvalue weighted by Crippen LogP contribution is -2.03. The molecule has 0 unspecified atom stereocenters. The Bertz CT molecular complexity index is 158. The van der Waals surface area contributed by atoms with E-state index in [0.29, 0.717) is 0 Å². The molecule has 1 atom stereocenters. The Morgan fingerprint density at radius 2 is 2.42 bits per heavy atom. The van der Waals surface area contributed by atoms with Crippen LogP contribution in [0.3, 0.4) is 0 Å². The van der Waals surface area contributed by atoms with Crippen molar-refractivity contribution in [3.8, 4) is 0 Å². The summed E-state index contributed by atoms with van der Waals surface area (Å²) in [6, 6.07) is 0. The molecule has 1 aliphatic carbocycles. The van der Waals surface area contributed by atoms with Crippen LogP contribution in [0.4, 0.5) is 0 Å². The number of hydrogen-bond acceptors (Lipinski definition) is 1. The van der Waals surface area contributed by atoms with Crippen LogP contribution in [0.15, 0.2) is 17.1 Å². The van der Waals surface area contributed by atoms with Gasteiger partial charge in [0.1, 0.15) is 0 Å². The van der Waals surface area contributed by atoms with Crippen LogP contribution in [0, 0.1) is 5.92 Å². The predicted molar refractivity (Wildman–Crippen MR) is 54.7 cm³/mol. The molecule has 1 heteroatoms. The summed E-state index contributed by atoms with van der Waals surface area (Å²) in [5.41, 5.74) is 0. The van der Waals surface area contributed by atoms with Crippen molar-refractivity contribution in [3.63, 3.8) is 0 Å². The Hall–Kier alpha value is -0.590. The third-order valence-electron chi connectivity index (χ3n) is 2.27. The van der Waals surface area contributed by atoms with Crippen molar-refractivity contribution in [2.75, 3.05) is 6.54 Å². The first-order valence-corrected chi connectivity index (χ1v) is 5.08. The molecule has 0 heterocycles. The number of rotatable bonds is 4. The summed E-state index contributed by atoms with van der Waals surface area (Å²) in [6.45, 7) is 3.23. The monoisotopic (exact) mass is 165 g/mol. The van der Waals surface area contributed by atoms with Gasteiger partial charge < -0.3 is 0 Å². The average molecular weight is 165 g/mol. The van der Waals surface area contributed by atoms with E-state index >= 15 is 0 Å². The summed E-state index contributed by atoms with van der Waals surface area (Å²) in [5.74, 6) is 0.729. The van der Waals surface area contributed by atoms with E-state index in [9.17, 15) is 0 Å². The van der Waals surface area contributed by atoms with Crippen molar-refractivity contribution in [3.05, 3.63) is 12.2 Å². The summed E-state index contributed by atoms with van der Waals surface area (Å²) in [4.78, 5) is 4.43.